The van der Waals surface area contributed by atoms with Gasteiger partial charge >= 0.3 is 18.0 Å². The third-order valence-corrected chi connectivity index (χ3v) is 4.81. The summed E-state index contributed by atoms with van der Waals surface area (Å²) in [7, 11) is -4.18. The summed E-state index contributed by atoms with van der Waals surface area (Å²) < 4.78 is 39.1. The molecule has 10 nitrogen and oxygen atoms in total. The van der Waals surface area contributed by atoms with E-state index in [0.717, 1.165) is 0 Å². The topological polar surface area (TPSA) is 145 Å². The van der Waals surface area contributed by atoms with E-state index >= 15 is 0 Å². The number of esters is 1. The lowest BCUT2D eigenvalue weighted by Crippen LogP contribution is -2.48. The fraction of sp³-hybridized carbons (Fsp3) is 0.824. The van der Waals surface area contributed by atoms with E-state index in [4.69, 9.17) is 13.7 Å². The minimum atomic E-state index is -4.18. The van der Waals surface area contributed by atoms with Crippen molar-refractivity contribution in [1.29, 1.82) is 0 Å². The van der Waals surface area contributed by atoms with Crippen molar-refractivity contribution >= 4 is 28.1 Å². The molecule has 0 heterocycles. The molecule has 0 radical (unpaired) electrons. The molecule has 0 rings (SSSR count). The zero-order valence-corrected chi connectivity index (χ0v) is 18.2. The Morgan fingerprint density at radius 1 is 1.11 bits per heavy atom. The van der Waals surface area contributed by atoms with Crippen LogP contribution in [0.2, 0.25) is 0 Å². The van der Waals surface area contributed by atoms with Crippen LogP contribution in [0, 0.1) is 11.3 Å². The van der Waals surface area contributed by atoms with Crippen LogP contribution in [0.1, 0.15) is 48.5 Å². The second-order valence-corrected chi connectivity index (χ2v) is 9.71. The Bertz CT molecular complexity index is 665. The molecule has 28 heavy (non-hydrogen) atoms. The molecule has 0 aliphatic carbocycles. The number of amides is 1. The number of carbonyl (C=O) groups excluding carboxylic acids is 2. The minimum absolute atomic E-state index is 0.142. The van der Waals surface area contributed by atoms with Gasteiger partial charge in [-0.1, -0.05) is 6.92 Å². The first-order chi connectivity index (χ1) is 12.5. The molecule has 164 valence electrons. The molecule has 1 amide bonds. The summed E-state index contributed by atoms with van der Waals surface area (Å²) in [5.74, 6) is -3.74. The molecule has 0 aliphatic heterocycles. The van der Waals surface area contributed by atoms with Crippen molar-refractivity contribution in [1.82, 2.24) is 5.32 Å². The summed E-state index contributed by atoms with van der Waals surface area (Å²) in [6.07, 6.45) is -0.978. The summed E-state index contributed by atoms with van der Waals surface area (Å²) in [6.45, 7) is 10.4. The van der Waals surface area contributed by atoms with Gasteiger partial charge in [0.25, 0.3) is 10.1 Å². The zero-order chi connectivity index (χ0) is 22.3. The van der Waals surface area contributed by atoms with Crippen LogP contribution in [0.5, 0.6) is 0 Å². The van der Waals surface area contributed by atoms with Crippen LogP contribution in [-0.4, -0.2) is 62.2 Å². The van der Waals surface area contributed by atoms with Gasteiger partial charge < -0.3 is 19.9 Å². The molecule has 0 aromatic rings. The maximum absolute atomic E-state index is 12.2. The summed E-state index contributed by atoms with van der Waals surface area (Å²) in [5.41, 5.74) is -2.04. The fourth-order valence-corrected chi connectivity index (χ4v) is 3.38. The molecule has 0 bridgehead atoms. The van der Waals surface area contributed by atoms with Crippen LogP contribution < -0.4 is 5.32 Å². The van der Waals surface area contributed by atoms with Crippen LogP contribution in [0.15, 0.2) is 0 Å². The lowest BCUT2D eigenvalue weighted by Gasteiger charge is -2.25. The maximum atomic E-state index is 12.2. The molecule has 0 saturated heterocycles. The molecule has 2 atom stereocenters. The van der Waals surface area contributed by atoms with Crippen molar-refractivity contribution in [3.05, 3.63) is 0 Å². The summed E-state index contributed by atoms with van der Waals surface area (Å²) in [6, 6.07) is -1.51. The lowest BCUT2D eigenvalue weighted by atomic mass is 9.95. The average Bonchev–Trinajstić information content (AvgIpc) is 2.48. The molecule has 0 aromatic carbocycles. The number of hydrogen-bond donors (Lipinski definition) is 2. The van der Waals surface area contributed by atoms with Crippen LogP contribution in [0.4, 0.5) is 4.79 Å². The molecule has 0 saturated carbocycles. The van der Waals surface area contributed by atoms with Gasteiger partial charge in [0.05, 0.1) is 24.4 Å². The largest absolute Gasteiger partial charge is 0.480 e. The highest BCUT2D eigenvalue weighted by molar-refractivity contribution is 7.86. The average molecular weight is 426 g/mol. The third-order valence-electron chi connectivity index (χ3n) is 3.40. The van der Waals surface area contributed by atoms with Crippen molar-refractivity contribution < 1.29 is 41.6 Å². The number of hydrogen-bond acceptors (Lipinski definition) is 8. The Hall–Kier alpha value is -1.88. The van der Waals surface area contributed by atoms with E-state index in [0.29, 0.717) is 0 Å². The number of aliphatic carboxylic acids is 1. The predicted molar refractivity (Wildman–Crippen MR) is 100 cm³/mol. The van der Waals surface area contributed by atoms with Crippen LogP contribution in [-0.2, 0) is 33.4 Å². The highest BCUT2D eigenvalue weighted by atomic mass is 32.2. The van der Waals surface area contributed by atoms with Gasteiger partial charge in [-0.2, -0.15) is 8.42 Å². The summed E-state index contributed by atoms with van der Waals surface area (Å²) in [4.78, 5) is 35.0. The van der Waals surface area contributed by atoms with Gasteiger partial charge in [-0.3, -0.25) is 8.98 Å². The molecule has 0 aliphatic rings. The van der Waals surface area contributed by atoms with Gasteiger partial charge in [-0.05, 0) is 41.5 Å². The Balaban J connectivity index is 5.01. The van der Waals surface area contributed by atoms with Crippen LogP contribution in [0.3, 0.4) is 0 Å². The molecule has 2 N–H and O–H groups in total. The first kappa shape index (κ1) is 26.1. The number of ether oxygens (including phenoxy) is 2. The van der Waals surface area contributed by atoms with Gasteiger partial charge in [-0.15, -0.1) is 0 Å². The molecule has 0 fully saturated rings. The van der Waals surface area contributed by atoms with Gasteiger partial charge in [-0.25, -0.2) is 9.59 Å². The van der Waals surface area contributed by atoms with E-state index in [1.165, 1.54) is 20.8 Å². The number of alkyl carbamates (subject to hydrolysis) is 1. The van der Waals surface area contributed by atoms with E-state index in [2.05, 4.69) is 5.32 Å². The Morgan fingerprint density at radius 3 is 2.07 bits per heavy atom. The first-order valence-electron chi connectivity index (χ1n) is 8.77. The van der Waals surface area contributed by atoms with Crippen molar-refractivity contribution in [3.8, 4) is 0 Å². The molecular formula is C17H31NO9S. The molecule has 0 aromatic heterocycles. The van der Waals surface area contributed by atoms with Gasteiger partial charge in [0, 0.05) is 5.92 Å². The zero-order valence-electron chi connectivity index (χ0n) is 17.4. The number of carboxylic acids is 1. The highest BCUT2D eigenvalue weighted by Gasteiger charge is 2.35. The van der Waals surface area contributed by atoms with Crippen LogP contribution in [0.25, 0.3) is 0 Å². The molecule has 0 spiro atoms. The van der Waals surface area contributed by atoms with Crippen LogP contribution >= 0.6 is 0 Å². The molecular weight excluding hydrogens is 394 g/mol. The monoisotopic (exact) mass is 425 g/mol. The smallest absolute Gasteiger partial charge is 0.408 e. The van der Waals surface area contributed by atoms with Gasteiger partial charge in [0.2, 0.25) is 0 Å². The number of nitrogens with one attached hydrogen (secondary N) is 1. The first-order valence-corrected chi connectivity index (χ1v) is 10.3. The Morgan fingerprint density at radius 2 is 1.64 bits per heavy atom. The second-order valence-electron chi connectivity index (χ2n) is 8.03. The summed E-state index contributed by atoms with van der Waals surface area (Å²) >= 11 is 0. The highest BCUT2D eigenvalue weighted by Crippen LogP contribution is 2.20. The van der Waals surface area contributed by atoms with Crippen molar-refractivity contribution in [2.24, 2.45) is 11.3 Å². The van der Waals surface area contributed by atoms with E-state index in [1.807, 2.05) is 0 Å². The van der Waals surface area contributed by atoms with E-state index in [1.54, 1.807) is 27.7 Å². The maximum Gasteiger partial charge on any atom is 0.408 e. The van der Waals surface area contributed by atoms with Crippen molar-refractivity contribution in [3.63, 3.8) is 0 Å². The van der Waals surface area contributed by atoms with Crippen molar-refractivity contribution in [2.45, 2.75) is 60.1 Å². The van der Waals surface area contributed by atoms with Crippen molar-refractivity contribution in [2.75, 3.05) is 19.0 Å². The normalized spacial score (nSPS) is 14.7. The quantitative estimate of drug-likeness (QED) is 0.393. The lowest BCUT2D eigenvalue weighted by molar-refractivity contribution is -0.154. The fourth-order valence-electron chi connectivity index (χ4n) is 1.97. The third kappa shape index (κ3) is 9.88. The minimum Gasteiger partial charge on any atom is -0.480 e. The standard InChI is InChI=1S/C17H31NO9S/c1-8-25-14(21)17(6,7)10-26-28(23,24)9-11(2)12(13(19)20)18-15(22)27-16(3,4)5/h11-12H,8-10H2,1-7H3,(H,18,22)(H,19,20). The SMILES string of the molecule is CCOC(=O)C(C)(C)COS(=O)(=O)CC(C)C(NC(=O)OC(C)(C)C)C(=O)O. The van der Waals surface area contributed by atoms with Gasteiger partial charge in [0.1, 0.15) is 11.6 Å². The Labute approximate surface area is 166 Å². The number of rotatable bonds is 10. The van der Waals surface area contributed by atoms with E-state index in [-0.39, 0.29) is 6.61 Å². The molecule has 11 heteroatoms. The number of carboxylic acid groups (broad SMARTS) is 1. The number of carbonyl (C=O) groups is 3. The van der Waals surface area contributed by atoms with E-state index in [9.17, 15) is 27.9 Å². The Kier molecular flexibility index (Phi) is 9.38. The van der Waals surface area contributed by atoms with Gasteiger partial charge in [0.15, 0.2) is 0 Å². The summed E-state index contributed by atoms with van der Waals surface area (Å²) in [5, 5.41) is 11.5. The van der Waals surface area contributed by atoms with E-state index < -0.39 is 63.5 Å². The molecule has 2 unspecified atom stereocenters. The predicted octanol–water partition coefficient (Wildman–Crippen LogP) is 1.54. The second kappa shape index (κ2) is 10.1.